The van der Waals surface area contributed by atoms with E-state index < -0.39 is 35.3 Å². The van der Waals surface area contributed by atoms with E-state index in [-0.39, 0.29) is 29.2 Å². The van der Waals surface area contributed by atoms with Gasteiger partial charge in [0.2, 0.25) is 0 Å². The van der Waals surface area contributed by atoms with E-state index in [1.54, 1.807) is 52.0 Å². The minimum Gasteiger partial charge on any atom is -0.492 e. The second-order valence-electron chi connectivity index (χ2n) is 12.1. The zero-order valence-corrected chi connectivity index (χ0v) is 25.1. The van der Waals surface area contributed by atoms with E-state index >= 15 is 0 Å². The number of piperazine rings is 1. The number of amides is 1. The molecular weight excluding hydrogens is 563 g/mol. The summed E-state index contributed by atoms with van der Waals surface area (Å²) in [5.41, 5.74) is -0.914. The highest BCUT2D eigenvalue weighted by Gasteiger charge is 2.42. The summed E-state index contributed by atoms with van der Waals surface area (Å²) in [5, 5.41) is 0. The third kappa shape index (κ3) is 6.45. The van der Waals surface area contributed by atoms with Crippen molar-refractivity contribution in [2.45, 2.75) is 45.4 Å². The van der Waals surface area contributed by atoms with E-state index in [9.17, 15) is 22.8 Å². The lowest BCUT2D eigenvalue weighted by atomic mass is 9.86. The Morgan fingerprint density at radius 3 is 2.33 bits per heavy atom. The number of rotatable bonds is 7. The minimum absolute atomic E-state index is 0.0169. The molecule has 1 amide bonds. The monoisotopic (exact) mass is 601 g/mol. The van der Waals surface area contributed by atoms with Crippen LogP contribution in [0.3, 0.4) is 0 Å². The van der Waals surface area contributed by atoms with Crippen molar-refractivity contribution in [3.8, 4) is 5.75 Å². The zero-order chi connectivity index (χ0) is 31.1. The first-order valence-corrected chi connectivity index (χ1v) is 14.4. The predicted molar refractivity (Wildman–Crippen MR) is 156 cm³/mol. The normalized spacial score (nSPS) is 18.0. The molecule has 9 nitrogen and oxygen atoms in total. The van der Waals surface area contributed by atoms with E-state index in [0.29, 0.717) is 17.9 Å². The van der Waals surface area contributed by atoms with Crippen molar-refractivity contribution >= 4 is 23.1 Å². The molecule has 0 saturated carbocycles. The smallest absolute Gasteiger partial charge is 0.431 e. The first-order chi connectivity index (χ1) is 20.2. The maximum atomic E-state index is 14.0. The highest BCUT2D eigenvalue weighted by molar-refractivity contribution is 6.17. The van der Waals surface area contributed by atoms with Crippen LogP contribution in [0, 0.1) is 0 Å². The minimum atomic E-state index is -4.63. The van der Waals surface area contributed by atoms with Gasteiger partial charge in [0.05, 0.1) is 17.5 Å². The van der Waals surface area contributed by atoms with Gasteiger partial charge in [-0.1, -0.05) is 13.8 Å². The van der Waals surface area contributed by atoms with Gasteiger partial charge in [-0.15, -0.1) is 0 Å². The molecule has 232 valence electrons. The highest BCUT2D eigenvalue weighted by atomic mass is 19.4. The van der Waals surface area contributed by atoms with E-state index in [1.165, 1.54) is 17.2 Å². The van der Waals surface area contributed by atoms with Crippen molar-refractivity contribution in [1.29, 1.82) is 0 Å². The molecule has 1 N–H and O–H groups in total. The Labute approximate surface area is 248 Å². The average Bonchev–Trinajstić information content (AvgIpc) is 3.48. The zero-order valence-electron chi connectivity index (χ0n) is 25.1. The summed E-state index contributed by atoms with van der Waals surface area (Å²) in [6.45, 7) is 12.3. The molecular formula is C31H38F3N5O4. The number of nitrogens with zero attached hydrogens (tertiary/aromatic N) is 4. The van der Waals surface area contributed by atoms with Crippen LogP contribution >= 0.6 is 0 Å². The molecule has 0 bridgehead atoms. The van der Waals surface area contributed by atoms with Gasteiger partial charge in [-0.05, 0) is 57.3 Å². The quantitative estimate of drug-likeness (QED) is 0.398. The molecule has 0 radical (unpaired) electrons. The van der Waals surface area contributed by atoms with Crippen LogP contribution in [0.15, 0.2) is 42.6 Å². The van der Waals surface area contributed by atoms with Crippen molar-refractivity contribution in [3.63, 3.8) is 0 Å². The second-order valence-corrected chi connectivity index (χ2v) is 12.1. The fourth-order valence-corrected chi connectivity index (χ4v) is 5.68. The standard InChI is InChI=1S/C31H38F3N5O4/c1-20(2)43-29(41)23-18-38(19-30(3,4)27-26(23)35-25-11-10-24(39(25)27)31(32,33)34)28(40)21-6-8-22(9-7-21)42-17-16-37-14-12-36(5)13-15-37/h6-11,18,20,35H,12-17,19H2,1-5H3. The molecule has 1 fully saturated rings. The number of hydrogen-bond donors (Lipinski definition) is 1. The van der Waals surface area contributed by atoms with Gasteiger partial charge in [0.15, 0.2) is 0 Å². The fraction of sp³-hybridized carbons (Fsp3) is 0.484. The van der Waals surface area contributed by atoms with Gasteiger partial charge in [0.1, 0.15) is 29.3 Å². The second kappa shape index (κ2) is 11.7. The summed E-state index contributed by atoms with van der Waals surface area (Å²) in [4.78, 5) is 36.1. The maximum absolute atomic E-state index is 14.0. The molecule has 2 aliphatic heterocycles. The highest BCUT2D eigenvalue weighted by Crippen LogP contribution is 2.40. The van der Waals surface area contributed by atoms with Crippen LogP contribution in [-0.4, -0.2) is 95.0 Å². The van der Waals surface area contributed by atoms with E-state index in [0.717, 1.165) is 43.2 Å². The number of esters is 1. The lowest BCUT2D eigenvalue weighted by Crippen LogP contribution is -2.45. The number of aromatic nitrogens is 2. The number of aromatic amines is 1. The third-order valence-corrected chi connectivity index (χ3v) is 7.84. The predicted octanol–water partition coefficient (Wildman–Crippen LogP) is 4.64. The molecule has 1 saturated heterocycles. The molecule has 0 spiro atoms. The fourth-order valence-electron chi connectivity index (χ4n) is 5.68. The Balaban J connectivity index is 1.41. The van der Waals surface area contributed by atoms with Gasteiger partial charge >= 0.3 is 12.1 Å². The number of hydrogen-bond acceptors (Lipinski definition) is 6. The molecule has 0 unspecified atom stereocenters. The Morgan fingerprint density at radius 2 is 1.70 bits per heavy atom. The summed E-state index contributed by atoms with van der Waals surface area (Å²) in [7, 11) is 2.11. The Bertz CT molecular complexity index is 1510. The number of fused-ring (bicyclic) bond motifs is 3. The summed E-state index contributed by atoms with van der Waals surface area (Å²) in [6.07, 6.45) is -3.73. The number of nitrogens with one attached hydrogen (secondary N) is 1. The van der Waals surface area contributed by atoms with Crippen LogP contribution in [0.1, 0.15) is 55.1 Å². The van der Waals surface area contributed by atoms with E-state index in [4.69, 9.17) is 9.47 Å². The summed E-state index contributed by atoms with van der Waals surface area (Å²) >= 11 is 0. The molecule has 12 heteroatoms. The van der Waals surface area contributed by atoms with Gasteiger partial charge in [0, 0.05) is 56.4 Å². The van der Waals surface area contributed by atoms with Crippen molar-refractivity contribution in [3.05, 3.63) is 65.2 Å². The summed E-state index contributed by atoms with van der Waals surface area (Å²) < 4.78 is 54.5. The van der Waals surface area contributed by atoms with E-state index in [2.05, 4.69) is 21.8 Å². The number of H-pyrrole nitrogens is 1. The van der Waals surface area contributed by atoms with Crippen molar-refractivity contribution in [1.82, 2.24) is 24.1 Å². The topological polar surface area (TPSA) is 82.5 Å². The van der Waals surface area contributed by atoms with Gasteiger partial charge < -0.3 is 24.3 Å². The van der Waals surface area contributed by atoms with E-state index in [1.807, 2.05) is 0 Å². The van der Waals surface area contributed by atoms with Crippen molar-refractivity contribution in [2.24, 2.45) is 0 Å². The Kier molecular flexibility index (Phi) is 8.36. The largest absolute Gasteiger partial charge is 0.492 e. The van der Waals surface area contributed by atoms with Crippen molar-refractivity contribution in [2.75, 3.05) is 52.9 Å². The lowest BCUT2D eigenvalue weighted by Gasteiger charge is -2.32. The number of likely N-dealkylation sites (N-methyl/N-ethyl adjacent to an activating group) is 1. The van der Waals surface area contributed by atoms with Crippen molar-refractivity contribution < 1.29 is 32.2 Å². The molecule has 2 aromatic heterocycles. The molecule has 1 aromatic carbocycles. The average molecular weight is 602 g/mol. The SMILES string of the molecule is CC(C)OC(=O)C1=CN(C(=O)c2ccc(OCCN3CCN(C)CC3)cc2)CC(C)(C)c2c1[nH]c1ccc(C(F)(F)F)n21. The third-order valence-electron chi connectivity index (χ3n) is 7.84. The molecule has 0 aliphatic carbocycles. The molecule has 43 heavy (non-hydrogen) atoms. The number of imidazole rings is 1. The molecule has 4 heterocycles. The molecule has 0 atom stereocenters. The molecule has 2 aliphatic rings. The summed E-state index contributed by atoms with van der Waals surface area (Å²) in [6, 6.07) is 9.07. The number of alkyl halides is 3. The number of ether oxygens (including phenoxy) is 2. The number of benzene rings is 1. The van der Waals surface area contributed by atoms with Gasteiger partial charge in [-0.3, -0.25) is 14.1 Å². The number of carbonyl (C=O) groups excluding carboxylic acids is 2. The van der Waals surface area contributed by atoms with Gasteiger partial charge in [0.25, 0.3) is 5.91 Å². The molecule has 3 aromatic rings. The van der Waals surface area contributed by atoms with Crippen LogP contribution in [0.4, 0.5) is 13.2 Å². The van der Waals surface area contributed by atoms with Gasteiger partial charge in [-0.25, -0.2) is 4.79 Å². The summed E-state index contributed by atoms with van der Waals surface area (Å²) in [5.74, 6) is -0.519. The number of carbonyl (C=O) groups is 2. The van der Waals surface area contributed by atoms with Crippen LogP contribution in [0.5, 0.6) is 5.75 Å². The Hall–Kier alpha value is -3.77. The number of halogens is 3. The molecule has 5 rings (SSSR count). The Morgan fingerprint density at radius 1 is 1.02 bits per heavy atom. The first-order valence-electron chi connectivity index (χ1n) is 14.4. The van der Waals surface area contributed by atoms with Crippen LogP contribution in [0.2, 0.25) is 0 Å². The van der Waals surface area contributed by atoms with Crippen LogP contribution in [-0.2, 0) is 21.1 Å². The van der Waals surface area contributed by atoms with Crippen LogP contribution in [0.25, 0.3) is 11.2 Å². The maximum Gasteiger partial charge on any atom is 0.431 e. The first kappa shape index (κ1) is 30.7. The van der Waals surface area contributed by atoms with Gasteiger partial charge in [-0.2, -0.15) is 13.2 Å². The lowest BCUT2D eigenvalue weighted by molar-refractivity contribution is -0.142. The van der Waals surface area contributed by atoms with Crippen LogP contribution < -0.4 is 4.74 Å².